The fraction of sp³-hybridized carbons (Fsp3) is 0.231. The molecule has 0 saturated carbocycles. The van der Waals surface area contributed by atoms with E-state index in [1.165, 1.54) is 0 Å². The number of rotatable bonds is 7. The Morgan fingerprint density at radius 3 is 2.39 bits per heavy atom. The molecule has 3 N–H and O–H groups in total. The number of nitrogens with one attached hydrogen (secondary N) is 1. The molecule has 1 aliphatic heterocycles. The largest absolute Gasteiger partial charge is 0.497 e. The Hall–Kier alpha value is -3.60. The third-order valence-electron chi connectivity index (χ3n) is 5.77. The standard InChI is InChI=1S/C26H28N2O3/c1-18-12-21(10-11-24(18)30-3)26(15-25(27)28-17-26)20-7-5-9-23(14-20)31-16-19-6-4-8-22(13-19)29-2/h4-15,28H,16-17,27H2,1-3H3. The molecule has 0 bridgehead atoms. The second-order valence-electron chi connectivity index (χ2n) is 7.78. The van der Waals surface area contributed by atoms with Gasteiger partial charge >= 0.3 is 0 Å². The SMILES string of the molecule is COc1cccc(COc2cccc(C3(c4ccc(OC)c(C)c4)C=C(N)NC3)c2)c1. The third kappa shape index (κ3) is 4.17. The van der Waals surface area contributed by atoms with Gasteiger partial charge in [0.05, 0.1) is 25.5 Å². The van der Waals surface area contributed by atoms with Gasteiger partial charge in [-0.05, 0) is 65.6 Å². The highest BCUT2D eigenvalue weighted by molar-refractivity contribution is 5.52. The molecule has 0 amide bonds. The average Bonchev–Trinajstić information content (AvgIpc) is 3.21. The highest BCUT2D eigenvalue weighted by Crippen LogP contribution is 2.39. The van der Waals surface area contributed by atoms with Gasteiger partial charge in [-0.3, -0.25) is 0 Å². The van der Waals surface area contributed by atoms with Crippen LogP contribution in [0.1, 0.15) is 22.3 Å². The molecule has 0 radical (unpaired) electrons. The second-order valence-corrected chi connectivity index (χ2v) is 7.78. The first-order valence-corrected chi connectivity index (χ1v) is 10.3. The van der Waals surface area contributed by atoms with Crippen LogP contribution in [-0.4, -0.2) is 20.8 Å². The van der Waals surface area contributed by atoms with Gasteiger partial charge < -0.3 is 25.3 Å². The molecule has 5 heteroatoms. The maximum atomic E-state index is 6.16. The smallest absolute Gasteiger partial charge is 0.121 e. The van der Waals surface area contributed by atoms with Gasteiger partial charge in [0.25, 0.3) is 0 Å². The van der Waals surface area contributed by atoms with Gasteiger partial charge in [0.15, 0.2) is 0 Å². The molecule has 0 saturated heterocycles. The van der Waals surface area contributed by atoms with Crippen molar-refractivity contribution in [1.29, 1.82) is 0 Å². The first-order chi connectivity index (χ1) is 15.0. The van der Waals surface area contributed by atoms with Crippen molar-refractivity contribution in [1.82, 2.24) is 5.32 Å². The lowest BCUT2D eigenvalue weighted by molar-refractivity contribution is 0.304. The zero-order valence-electron chi connectivity index (χ0n) is 18.1. The van der Waals surface area contributed by atoms with Gasteiger partial charge in [-0.2, -0.15) is 0 Å². The topological polar surface area (TPSA) is 65.7 Å². The summed E-state index contributed by atoms with van der Waals surface area (Å²) in [6, 6.07) is 22.4. The van der Waals surface area contributed by atoms with Crippen LogP contribution in [0.25, 0.3) is 0 Å². The fourth-order valence-corrected chi connectivity index (χ4v) is 4.09. The summed E-state index contributed by atoms with van der Waals surface area (Å²) in [6.07, 6.45) is 2.09. The highest BCUT2D eigenvalue weighted by atomic mass is 16.5. The molecule has 0 aromatic heterocycles. The minimum Gasteiger partial charge on any atom is -0.497 e. The first-order valence-electron chi connectivity index (χ1n) is 10.3. The summed E-state index contributed by atoms with van der Waals surface area (Å²) in [5, 5.41) is 3.30. The predicted octanol–water partition coefficient (Wildman–Crippen LogP) is 4.28. The summed E-state index contributed by atoms with van der Waals surface area (Å²) in [6.45, 7) is 3.20. The number of benzene rings is 3. The molecule has 31 heavy (non-hydrogen) atoms. The van der Waals surface area contributed by atoms with Gasteiger partial charge in [-0.1, -0.05) is 36.4 Å². The molecule has 1 aliphatic rings. The Balaban J connectivity index is 1.65. The van der Waals surface area contributed by atoms with Crippen LogP contribution in [0.15, 0.2) is 78.6 Å². The van der Waals surface area contributed by atoms with Gasteiger partial charge in [-0.25, -0.2) is 0 Å². The van der Waals surface area contributed by atoms with Crippen LogP contribution >= 0.6 is 0 Å². The van der Waals surface area contributed by atoms with Crippen LogP contribution in [0.4, 0.5) is 0 Å². The molecule has 0 aliphatic carbocycles. The van der Waals surface area contributed by atoms with Crippen LogP contribution in [-0.2, 0) is 12.0 Å². The van der Waals surface area contributed by atoms with Gasteiger partial charge in [0, 0.05) is 6.54 Å². The lowest BCUT2D eigenvalue weighted by Crippen LogP contribution is -2.31. The van der Waals surface area contributed by atoms with Crippen LogP contribution in [0.3, 0.4) is 0 Å². The molecule has 3 aromatic carbocycles. The fourth-order valence-electron chi connectivity index (χ4n) is 4.09. The number of hydrogen-bond acceptors (Lipinski definition) is 5. The van der Waals surface area contributed by atoms with E-state index >= 15 is 0 Å². The van der Waals surface area contributed by atoms with E-state index in [1.54, 1.807) is 14.2 Å². The van der Waals surface area contributed by atoms with E-state index in [2.05, 4.69) is 42.6 Å². The molecule has 1 unspecified atom stereocenters. The predicted molar refractivity (Wildman–Crippen MR) is 123 cm³/mol. The van der Waals surface area contributed by atoms with Gasteiger partial charge in [0.1, 0.15) is 23.9 Å². The number of hydrogen-bond donors (Lipinski definition) is 2. The van der Waals surface area contributed by atoms with Crippen molar-refractivity contribution in [3.8, 4) is 17.2 Å². The van der Waals surface area contributed by atoms with E-state index in [-0.39, 0.29) is 5.41 Å². The van der Waals surface area contributed by atoms with E-state index in [1.807, 2.05) is 42.5 Å². The second kappa shape index (κ2) is 8.64. The average molecular weight is 417 g/mol. The molecule has 0 spiro atoms. The Morgan fingerprint density at radius 1 is 0.903 bits per heavy atom. The summed E-state index contributed by atoms with van der Waals surface area (Å²) in [4.78, 5) is 0. The van der Waals surface area contributed by atoms with E-state index in [0.717, 1.165) is 39.5 Å². The molecular formula is C26H28N2O3. The molecule has 0 fully saturated rings. The monoisotopic (exact) mass is 416 g/mol. The van der Waals surface area contributed by atoms with E-state index in [0.29, 0.717) is 19.0 Å². The van der Waals surface area contributed by atoms with Crippen LogP contribution in [0, 0.1) is 6.92 Å². The molecule has 1 heterocycles. The van der Waals surface area contributed by atoms with Crippen LogP contribution < -0.4 is 25.3 Å². The Bertz CT molecular complexity index is 1110. The number of nitrogens with two attached hydrogens (primary N) is 1. The molecule has 5 nitrogen and oxygen atoms in total. The summed E-state index contributed by atoms with van der Waals surface area (Å²) in [7, 11) is 3.36. The third-order valence-corrected chi connectivity index (χ3v) is 5.77. The van der Waals surface area contributed by atoms with Crippen LogP contribution in [0.5, 0.6) is 17.2 Å². The van der Waals surface area contributed by atoms with E-state index in [4.69, 9.17) is 19.9 Å². The van der Waals surface area contributed by atoms with Gasteiger partial charge in [0.2, 0.25) is 0 Å². The quantitative estimate of drug-likeness (QED) is 0.602. The normalized spacial score (nSPS) is 17.6. The summed E-state index contributed by atoms with van der Waals surface area (Å²) >= 11 is 0. The van der Waals surface area contributed by atoms with Gasteiger partial charge in [-0.15, -0.1) is 0 Å². The molecule has 3 aromatic rings. The minimum absolute atomic E-state index is 0.379. The van der Waals surface area contributed by atoms with Crippen molar-refractivity contribution in [2.24, 2.45) is 5.73 Å². The molecule has 160 valence electrons. The van der Waals surface area contributed by atoms with E-state index < -0.39 is 0 Å². The first kappa shape index (κ1) is 20.7. The highest BCUT2D eigenvalue weighted by Gasteiger charge is 2.37. The molecular weight excluding hydrogens is 388 g/mol. The maximum Gasteiger partial charge on any atom is 0.121 e. The lowest BCUT2D eigenvalue weighted by atomic mass is 9.75. The zero-order valence-corrected chi connectivity index (χ0v) is 18.1. The Kier molecular flexibility index (Phi) is 5.76. The van der Waals surface area contributed by atoms with Crippen molar-refractivity contribution in [3.05, 3.63) is 101 Å². The van der Waals surface area contributed by atoms with Crippen molar-refractivity contribution in [2.45, 2.75) is 18.9 Å². The lowest BCUT2D eigenvalue weighted by Gasteiger charge is -2.29. The number of ether oxygens (including phenoxy) is 3. The molecule has 4 rings (SSSR count). The number of aryl methyl sites for hydroxylation is 1. The summed E-state index contributed by atoms with van der Waals surface area (Å²) in [5.41, 5.74) is 10.2. The zero-order chi connectivity index (χ0) is 21.8. The maximum absolute atomic E-state index is 6.16. The van der Waals surface area contributed by atoms with Crippen molar-refractivity contribution >= 4 is 0 Å². The summed E-state index contributed by atoms with van der Waals surface area (Å²) < 4.78 is 16.9. The van der Waals surface area contributed by atoms with E-state index in [9.17, 15) is 0 Å². The summed E-state index contributed by atoms with van der Waals surface area (Å²) in [5.74, 6) is 3.18. The minimum atomic E-state index is -0.379. The number of methoxy groups -OCH3 is 2. The van der Waals surface area contributed by atoms with Crippen LogP contribution in [0.2, 0.25) is 0 Å². The Labute approximate surface area is 183 Å². The molecule has 1 atom stereocenters. The van der Waals surface area contributed by atoms with Crippen molar-refractivity contribution in [3.63, 3.8) is 0 Å². The van der Waals surface area contributed by atoms with Crippen molar-refractivity contribution < 1.29 is 14.2 Å². The Morgan fingerprint density at radius 2 is 1.68 bits per heavy atom. The van der Waals surface area contributed by atoms with Crippen molar-refractivity contribution in [2.75, 3.05) is 20.8 Å².